The second kappa shape index (κ2) is 6.77. The van der Waals surface area contributed by atoms with E-state index < -0.39 is 0 Å². The maximum absolute atomic E-state index is 8.80. The molecule has 2 aliphatic rings. The molecule has 2 aromatic heterocycles. The summed E-state index contributed by atoms with van der Waals surface area (Å²) in [5.41, 5.74) is 11.9. The Kier molecular flexibility index (Phi) is 4.10. The fourth-order valence-electron chi connectivity index (χ4n) is 3.58. The number of rotatable bonds is 3. The maximum Gasteiger partial charge on any atom is 0.0992 e. The number of nitrogens with two attached hydrogens (primary N) is 1. The molecule has 0 aliphatic heterocycles. The molecule has 0 atom stereocenters. The van der Waals surface area contributed by atoms with E-state index >= 15 is 0 Å². The van der Waals surface area contributed by atoms with Crippen molar-refractivity contribution in [2.45, 2.75) is 44.3 Å². The predicted octanol–water partition coefficient (Wildman–Crippen LogP) is 4.07. The molecular weight excluding hydrogens is 348 g/mol. The highest BCUT2D eigenvalue weighted by molar-refractivity contribution is 5.77. The zero-order chi connectivity index (χ0) is 19.1. The number of nitrogens with zero attached hydrogens (tertiary/aromatic N) is 5. The summed E-state index contributed by atoms with van der Waals surface area (Å²) in [6.07, 6.45) is 8.88. The van der Waals surface area contributed by atoms with E-state index in [9.17, 15) is 0 Å². The molecule has 0 amide bonds. The number of benzene rings is 2. The Morgan fingerprint density at radius 2 is 1.46 bits per heavy atom. The normalized spacial score (nSPS) is 16.0. The van der Waals surface area contributed by atoms with Crippen LogP contribution >= 0.6 is 0 Å². The van der Waals surface area contributed by atoms with E-state index in [1.54, 1.807) is 0 Å². The first kappa shape index (κ1) is 17.0. The van der Waals surface area contributed by atoms with E-state index in [1.165, 1.54) is 36.8 Å². The van der Waals surface area contributed by atoms with Gasteiger partial charge >= 0.3 is 0 Å². The van der Waals surface area contributed by atoms with Gasteiger partial charge in [0.1, 0.15) is 0 Å². The zero-order valence-corrected chi connectivity index (χ0v) is 15.6. The smallest absolute Gasteiger partial charge is 0.0992 e. The van der Waals surface area contributed by atoms with Crippen LogP contribution in [-0.2, 0) is 6.54 Å². The Labute approximate surface area is 163 Å². The van der Waals surface area contributed by atoms with Crippen LogP contribution in [0.5, 0.6) is 0 Å². The Balaban J connectivity index is 0.000000122. The molecule has 6 rings (SSSR count). The highest BCUT2D eigenvalue weighted by Crippen LogP contribution is 2.37. The number of hydrogen-bond donors (Lipinski definition) is 1. The number of aromatic nitrogens is 4. The summed E-state index contributed by atoms with van der Waals surface area (Å²) in [6.45, 7) is 0.603. The van der Waals surface area contributed by atoms with Gasteiger partial charge in [-0.05, 0) is 61.6 Å². The average molecular weight is 370 g/mol. The van der Waals surface area contributed by atoms with Gasteiger partial charge in [0.05, 0.1) is 46.4 Å². The lowest BCUT2D eigenvalue weighted by Crippen LogP contribution is -1.97. The third-order valence-corrected chi connectivity index (χ3v) is 5.46. The van der Waals surface area contributed by atoms with Crippen molar-refractivity contribution in [1.29, 1.82) is 5.26 Å². The molecule has 0 unspecified atom stereocenters. The summed E-state index contributed by atoms with van der Waals surface area (Å²) in [4.78, 5) is 8.69. The standard InChI is InChI=1S/C11H13N3.C11H9N3/c2*12-6-8-1-4-10-11(5-8)14(7-13-10)9-2-3-9/h1,4-5,7,9H,2-3,6,12H2;1,4-5,7,9H,2-3H2. The molecule has 6 nitrogen and oxygen atoms in total. The van der Waals surface area contributed by atoms with Crippen LogP contribution in [0.4, 0.5) is 0 Å². The van der Waals surface area contributed by atoms with Crippen molar-refractivity contribution < 1.29 is 0 Å². The van der Waals surface area contributed by atoms with Crippen LogP contribution in [0.1, 0.15) is 48.9 Å². The first-order valence-electron chi connectivity index (χ1n) is 9.79. The lowest BCUT2D eigenvalue weighted by atomic mass is 10.2. The van der Waals surface area contributed by atoms with E-state index in [1.807, 2.05) is 36.9 Å². The molecule has 2 saturated carbocycles. The van der Waals surface area contributed by atoms with Crippen LogP contribution in [0.15, 0.2) is 49.1 Å². The number of nitriles is 1. The first-order valence-corrected chi connectivity index (χ1v) is 9.79. The molecule has 0 bridgehead atoms. The van der Waals surface area contributed by atoms with E-state index in [-0.39, 0.29) is 0 Å². The fourth-order valence-corrected chi connectivity index (χ4v) is 3.58. The average Bonchev–Trinajstić information content (AvgIpc) is 3.68. The highest BCUT2D eigenvalue weighted by Gasteiger charge is 2.25. The fraction of sp³-hybridized carbons (Fsp3) is 0.318. The number of imidazole rings is 2. The van der Waals surface area contributed by atoms with Gasteiger partial charge in [-0.25, -0.2) is 9.97 Å². The van der Waals surface area contributed by atoms with Gasteiger partial charge in [-0.15, -0.1) is 0 Å². The van der Waals surface area contributed by atoms with Gasteiger partial charge in [-0.1, -0.05) is 6.07 Å². The van der Waals surface area contributed by atoms with Gasteiger partial charge in [0.25, 0.3) is 0 Å². The Morgan fingerprint density at radius 1 is 0.893 bits per heavy atom. The van der Waals surface area contributed by atoms with Crippen molar-refractivity contribution in [2.75, 3.05) is 0 Å². The second-order valence-electron chi connectivity index (χ2n) is 7.61. The number of hydrogen-bond acceptors (Lipinski definition) is 4. The van der Waals surface area contributed by atoms with Crippen molar-refractivity contribution in [1.82, 2.24) is 19.1 Å². The Morgan fingerprint density at radius 3 is 2.00 bits per heavy atom. The molecular formula is C22H22N6. The third-order valence-electron chi connectivity index (χ3n) is 5.46. The molecule has 4 aromatic rings. The summed E-state index contributed by atoms with van der Waals surface area (Å²) in [6, 6.07) is 15.4. The van der Waals surface area contributed by atoms with Gasteiger partial charge in [0.2, 0.25) is 0 Å². The van der Waals surface area contributed by atoms with Crippen LogP contribution in [0.3, 0.4) is 0 Å². The van der Waals surface area contributed by atoms with Crippen molar-refractivity contribution in [3.63, 3.8) is 0 Å². The molecule has 2 fully saturated rings. The monoisotopic (exact) mass is 370 g/mol. The van der Waals surface area contributed by atoms with Gasteiger partial charge in [0, 0.05) is 18.6 Å². The first-order chi connectivity index (χ1) is 13.8. The zero-order valence-electron chi connectivity index (χ0n) is 15.6. The Bertz CT molecular complexity index is 1190. The van der Waals surface area contributed by atoms with Crippen molar-refractivity contribution in [2.24, 2.45) is 5.73 Å². The largest absolute Gasteiger partial charge is 0.327 e. The molecule has 0 saturated heterocycles. The molecule has 2 aliphatic carbocycles. The molecule has 2 N–H and O–H groups in total. The van der Waals surface area contributed by atoms with Gasteiger partial charge in [-0.3, -0.25) is 0 Å². The summed E-state index contributed by atoms with van der Waals surface area (Å²) in [5, 5.41) is 8.80. The predicted molar refractivity (Wildman–Crippen MR) is 109 cm³/mol. The minimum atomic E-state index is 0.603. The van der Waals surface area contributed by atoms with Gasteiger partial charge < -0.3 is 14.9 Å². The van der Waals surface area contributed by atoms with Crippen LogP contribution in [0.2, 0.25) is 0 Å². The minimum absolute atomic E-state index is 0.603. The summed E-state index contributed by atoms with van der Waals surface area (Å²) >= 11 is 0. The van der Waals surface area contributed by atoms with Crippen molar-refractivity contribution >= 4 is 22.1 Å². The lowest BCUT2D eigenvalue weighted by molar-refractivity contribution is 0.765. The number of fused-ring (bicyclic) bond motifs is 2. The van der Waals surface area contributed by atoms with E-state index in [0.29, 0.717) is 24.2 Å². The summed E-state index contributed by atoms with van der Waals surface area (Å²) in [7, 11) is 0. The minimum Gasteiger partial charge on any atom is -0.327 e. The molecule has 0 spiro atoms. The highest BCUT2D eigenvalue weighted by atomic mass is 15.1. The van der Waals surface area contributed by atoms with E-state index in [0.717, 1.165) is 16.6 Å². The van der Waals surface area contributed by atoms with Gasteiger partial charge in [0.15, 0.2) is 0 Å². The molecule has 2 aromatic carbocycles. The van der Waals surface area contributed by atoms with Crippen molar-refractivity contribution in [3.8, 4) is 6.07 Å². The molecule has 28 heavy (non-hydrogen) atoms. The van der Waals surface area contributed by atoms with Crippen LogP contribution < -0.4 is 5.73 Å². The topological polar surface area (TPSA) is 85.4 Å². The van der Waals surface area contributed by atoms with Crippen LogP contribution in [0, 0.1) is 11.3 Å². The van der Waals surface area contributed by atoms with E-state index in [4.69, 9.17) is 11.0 Å². The summed E-state index contributed by atoms with van der Waals surface area (Å²) < 4.78 is 4.45. The van der Waals surface area contributed by atoms with Crippen molar-refractivity contribution in [3.05, 3.63) is 60.2 Å². The second-order valence-corrected chi connectivity index (χ2v) is 7.61. The quantitative estimate of drug-likeness (QED) is 0.589. The SMILES string of the molecule is N#Cc1ccc2ncn(C3CC3)c2c1.NCc1ccc2ncn(C3CC3)c2c1. The van der Waals surface area contributed by atoms with Gasteiger partial charge in [-0.2, -0.15) is 5.26 Å². The van der Waals surface area contributed by atoms with E-state index in [2.05, 4.69) is 37.3 Å². The van der Waals surface area contributed by atoms with Crippen LogP contribution in [-0.4, -0.2) is 19.1 Å². The van der Waals surface area contributed by atoms with Crippen LogP contribution in [0.25, 0.3) is 22.1 Å². The molecule has 0 radical (unpaired) electrons. The molecule has 140 valence electrons. The summed E-state index contributed by atoms with van der Waals surface area (Å²) in [5.74, 6) is 0. The Hall–Kier alpha value is -3.17. The maximum atomic E-state index is 8.80. The molecule has 6 heteroatoms. The third kappa shape index (κ3) is 3.14. The molecule has 2 heterocycles. The lowest BCUT2D eigenvalue weighted by Gasteiger charge is -2.02.